The fourth-order valence-electron chi connectivity index (χ4n) is 3.09. The first-order chi connectivity index (χ1) is 12.7. The van der Waals surface area contributed by atoms with Crippen LogP contribution < -0.4 is 4.72 Å². The summed E-state index contributed by atoms with van der Waals surface area (Å²) in [7, 11) is -4.15. The highest BCUT2D eigenvalue weighted by atomic mass is 32.2. The summed E-state index contributed by atoms with van der Waals surface area (Å²) >= 11 is 0. The molecular formula is C16H23N5O5S. The molecule has 4 unspecified atom stereocenters. The number of rotatable bonds is 6. The molecule has 1 saturated heterocycles. The Labute approximate surface area is 157 Å². The zero-order chi connectivity index (χ0) is 19.8. The van der Waals surface area contributed by atoms with Gasteiger partial charge in [-0.2, -0.15) is 8.42 Å². The SMILES string of the molecule is CCC(=O)NS(=O)(=O)OCC1OC(n2cnc3c(C)ncnc32)C(C)C1C. The first-order valence-electron chi connectivity index (χ1n) is 8.73. The van der Waals surface area contributed by atoms with Crippen molar-refractivity contribution in [3.05, 3.63) is 18.3 Å². The standard InChI is InChI=1S/C16H23N5O5S/c1-5-13(22)20-27(23,24)25-6-12-9(2)10(3)16(26-12)21-8-19-14-11(4)17-7-18-15(14)21/h7-10,12,16H,5-6H2,1-4H3,(H,20,22). The van der Waals surface area contributed by atoms with Crippen LogP contribution in [0.25, 0.3) is 11.2 Å². The molecule has 0 saturated carbocycles. The number of ether oxygens (including phenoxy) is 1. The Bertz CT molecular complexity index is 944. The third-order valence-corrected chi connectivity index (χ3v) is 5.87. The van der Waals surface area contributed by atoms with E-state index >= 15 is 0 Å². The Morgan fingerprint density at radius 1 is 1.30 bits per heavy atom. The topological polar surface area (TPSA) is 125 Å². The fourth-order valence-corrected chi connectivity index (χ4v) is 3.88. The second-order valence-electron chi connectivity index (χ2n) is 6.68. The number of aryl methyl sites for hydroxylation is 1. The first-order valence-corrected chi connectivity index (χ1v) is 10.1. The number of amides is 1. The Balaban J connectivity index is 1.74. The van der Waals surface area contributed by atoms with Gasteiger partial charge >= 0.3 is 10.3 Å². The van der Waals surface area contributed by atoms with Crippen LogP contribution in [0.4, 0.5) is 0 Å². The van der Waals surface area contributed by atoms with E-state index in [2.05, 4.69) is 15.0 Å². The van der Waals surface area contributed by atoms with Gasteiger partial charge in [0.25, 0.3) is 0 Å². The van der Waals surface area contributed by atoms with E-state index in [1.54, 1.807) is 13.3 Å². The van der Waals surface area contributed by atoms with E-state index in [-0.39, 0.29) is 31.1 Å². The third kappa shape index (κ3) is 3.94. The van der Waals surface area contributed by atoms with Gasteiger partial charge in [0.2, 0.25) is 5.91 Å². The molecule has 0 aliphatic carbocycles. The fraction of sp³-hybridized carbons (Fsp3) is 0.625. The minimum Gasteiger partial charge on any atom is -0.352 e. The highest BCUT2D eigenvalue weighted by molar-refractivity contribution is 7.85. The highest BCUT2D eigenvalue weighted by Crippen LogP contribution is 2.40. The van der Waals surface area contributed by atoms with Crippen molar-refractivity contribution in [1.82, 2.24) is 24.2 Å². The summed E-state index contributed by atoms with van der Waals surface area (Å²) in [6, 6.07) is 0. The summed E-state index contributed by atoms with van der Waals surface area (Å²) in [6.45, 7) is 7.21. The van der Waals surface area contributed by atoms with Crippen LogP contribution in [0.15, 0.2) is 12.7 Å². The lowest BCUT2D eigenvalue weighted by Crippen LogP contribution is -2.34. The zero-order valence-electron chi connectivity index (χ0n) is 15.6. The summed E-state index contributed by atoms with van der Waals surface area (Å²) in [5.41, 5.74) is 2.14. The molecule has 10 nitrogen and oxygen atoms in total. The predicted molar refractivity (Wildman–Crippen MR) is 95.6 cm³/mol. The van der Waals surface area contributed by atoms with E-state index in [1.807, 2.05) is 30.1 Å². The molecule has 4 atom stereocenters. The first kappa shape index (κ1) is 19.6. The number of fused-ring (bicyclic) bond motifs is 1. The van der Waals surface area contributed by atoms with Gasteiger partial charge in [0.15, 0.2) is 5.65 Å². The van der Waals surface area contributed by atoms with Crippen LogP contribution in [-0.2, 0) is 24.0 Å². The molecule has 1 N–H and O–H groups in total. The number of carbonyl (C=O) groups excluding carboxylic acids is 1. The lowest BCUT2D eigenvalue weighted by atomic mass is 9.93. The van der Waals surface area contributed by atoms with Crippen LogP contribution in [0.2, 0.25) is 0 Å². The van der Waals surface area contributed by atoms with Crippen LogP contribution in [0.1, 0.15) is 39.1 Å². The number of hydrogen-bond acceptors (Lipinski definition) is 8. The van der Waals surface area contributed by atoms with Crippen LogP contribution >= 0.6 is 0 Å². The molecule has 0 bridgehead atoms. The smallest absolute Gasteiger partial charge is 0.352 e. The van der Waals surface area contributed by atoms with Crippen molar-refractivity contribution in [1.29, 1.82) is 0 Å². The van der Waals surface area contributed by atoms with Crippen molar-refractivity contribution in [3.63, 3.8) is 0 Å². The Kier molecular flexibility index (Phi) is 5.45. The van der Waals surface area contributed by atoms with Gasteiger partial charge in [0.1, 0.15) is 18.1 Å². The minimum atomic E-state index is -4.15. The van der Waals surface area contributed by atoms with Gasteiger partial charge in [-0.3, -0.25) is 13.5 Å². The molecule has 148 valence electrons. The van der Waals surface area contributed by atoms with Crippen LogP contribution in [-0.4, -0.2) is 46.6 Å². The maximum atomic E-state index is 11.8. The van der Waals surface area contributed by atoms with E-state index in [0.29, 0.717) is 11.2 Å². The largest absolute Gasteiger partial charge is 0.362 e. The highest BCUT2D eigenvalue weighted by Gasteiger charge is 2.41. The maximum Gasteiger partial charge on any atom is 0.362 e. The number of imidazole rings is 1. The number of nitrogens with zero attached hydrogens (tertiary/aromatic N) is 4. The second-order valence-corrected chi connectivity index (χ2v) is 8.03. The average Bonchev–Trinajstić information content (AvgIpc) is 3.16. The monoisotopic (exact) mass is 397 g/mol. The molecule has 0 aromatic carbocycles. The lowest BCUT2D eigenvalue weighted by Gasteiger charge is -2.17. The molecule has 3 heterocycles. The van der Waals surface area contributed by atoms with E-state index < -0.39 is 22.3 Å². The van der Waals surface area contributed by atoms with Crippen molar-refractivity contribution < 1.29 is 22.1 Å². The molecule has 1 aliphatic rings. The van der Waals surface area contributed by atoms with Crippen LogP contribution in [0, 0.1) is 18.8 Å². The average molecular weight is 397 g/mol. The number of carbonyl (C=O) groups is 1. The lowest BCUT2D eigenvalue weighted by molar-refractivity contribution is -0.119. The van der Waals surface area contributed by atoms with E-state index in [0.717, 1.165) is 5.69 Å². The molecule has 1 aliphatic heterocycles. The molecular weight excluding hydrogens is 374 g/mol. The van der Waals surface area contributed by atoms with Gasteiger partial charge in [-0.15, -0.1) is 0 Å². The predicted octanol–water partition coefficient (Wildman–Crippen LogP) is 1.09. The van der Waals surface area contributed by atoms with Crippen molar-refractivity contribution in [2.75, 3.05) is 6.61 Å². The number of hydrogen-bond donors (Lipinski definition) is 1. The van der Waals surface area contributed by atoms with Gasteiger partial charge in [-0.05, 0) is 12.8 Å². The normalized spacial score (nSPS) is 25.8. The molecule has 1 fully saturated rings. The quantitative estimate of drug-likeness (QED) is 0.768. The Morgan fingerprint density at radius 3 is 2.74 bits per heavy atom. The van der Waals surface area contributed by atoms with Gasteiger partial charge in [0, 0.05) is 12.3 Å². The van der Waals surface area contributed by atoms with Crippen LogP contribution in [0.5, 0.6) is 0 Å². The van der Waals surface area contributed by atoms with E-state index in [9.17, 15) is 13.2 Å². The molecule has 0 spiro atoms. The summed E-state index contributed by atoms with van der Waals surface area (Å²) in [4.78, 5) is 24.1. The van der Waals surface area contributed by atoms with Gasteiger partial charge in [0.05, 0.1) is 24.7 Å². The Hall–Kier alpha value is -2.11. The molecule has 11 heteroatoms. The van der Waals surface area contributed by atoms with Crippen molar-refractivity contribution in [2.24, 2.45) is 11.8 Å². The minimum absolute atomic E-state index is 0.0208. The van der Waals surface area contributed by atoms with Crippen LogP contribution in [0.3, 0.4) is 0 Å². The second kappa shape index (κ2) is 7.49. The summed E-state index contributed by atoms with van der Waals surface area (Å²) in [5.74, 6) is -0.534. The van der Waals surface area contributed by atoms with Gasteiger partial charge in [-0.25, -0.2) is 19.7 Å². The number of nitrogens with one attached hydrogen (secondary N) is 1. The third-order valence-electron chi connectivity index (χ3n) is 4.94. The van der Waals surface area contributed by atoms with Gasteiger partial charge < -0.3 is 4.74 Å². The van der Waals surface area contributed by atoms with Gasteiger partial charge in [-0.1, -0.05) is 20.8 Å². The molecule has 2 aromatic heterocycles. The van der Waals surface area contributed by atoms with Crippen molar-refractivity contribution >= 4 is 27.4 Å². The summed E-state index contributed by atoms with van der Waals surface area (Å²) in [6.07, 6.45) is 2.36. The Morgan fingerprint density at radius 2 is 2.04 bits per heavy atom. The maximum absolute atomic E-state index is 11.8. The summed E-state index contributed by atoms with van der Waals surface area (Å²) in [5, 5.41) is 0. The molecule has 2 aromatic rings. The van der Waals surface area contributed by atoms with E-state index in [1.165, 1.54) is 6.33 Å². The number of aromatic nitrogens is 4. The molecule has 0 radical (unpaired) electrons. The van der Waals surface area contributed by atoms with Crippen molar-refractivity contribution in [2.45, 2.75) is 46.4 Å². The molecule has 1 amide bonds. The molecule has 27 heavy (non-hydrogen) atoms. The van der Waals surface area contributed by atoms with E-state index in [4.69, 9.17) is 8.92 Å². The van der Waals surface area contributed by atoms with Crippen molar-refractivity contribution in [3.8, 4) is 0 Å². The zero-order valence-corrected chi connectivity index (χ0v) is 16.4. The molecule has 3 rings (SSSR count). The summed E-state index contributed by atoms with van der Waals surface area (Å²) < 4.78 is 38.3.